The maximum Gasteiger partial charge on any atom is 0.255 e. The van der Waals surface area contributed by atoms with Crippen molar-refractivity contribution in [1.82, 2.24) is 10.2 Å². The van der Waals surface area contributed by atoms with Crippen molar-refractivity contribution >= 4 is 5.91 Å². The van der Waals surface area contributed by atoms with Gasteiger partial charge < -0.3 is 10.1 Å². The Morgan fingerprint density at radius 2 is 1.88 bits per heavy atom. The van der Waals surface area contributed by atoms with Crippen LogP contribution in [0.15, 0.2) is 48.2 Å². The fourth-order valence-electron chi connectivity index (χ4n) is 2.86. The van der Waals surface area contributed by atoms with Crippen LogP contribution < -0.4 is 10.1 Å². The summed E-state index contributed by atoms with van der Waals surface area (Å²) < 4.78 is 5.80. The minimum Gasteiger partial charge on any atom is -0.492 e. The molecule has 1 N–H and O–H groups in total. The van der Waals surface area contributed by atoms with Gasteiger partial charge in [-0.25, -0.2) is 0 Å². The monoisotopic (exact) mass is 358 g/mol. The summed E-state index contributed by atoms with van der Waals surface area (Å²) in [7, 11) is 0. The summed E-state index contributed by atoms with van der Waals surface area (Å²) in [6, 6.07) is 7.36. The predicted octanol–water partition coefficient (Wildman–Crippen LogP) is 4.79. The van der Waals surface area contributed by atoms with Crippen molar-refractivity contribution in [3.05, 3.63) is 53.8 Å². The predicted molar refractivity (Wildman–Crippen MR) is 110 cm³/mol. The number of hydrogen-bond donors (Lipinski definition) is 1. The van der Waals surface area contributed by atoms with Gasteiger partial charge in [-0.3, -0.25) is 9.69 Å². The molecule has 1 fully saturated rings. The van der Waals surface area contributed by atoms with E-state index in [1.807, 2.05) is 56.3 Å². The highest BCUT2D eigenvalue weighted by molar-refractivity contribution is 5.95. The number of rotatable bonds is 8. The van der Waals surface area contributed by atoms with Gasteiger partial charge >= 0.3 is 0 Å². The first-order chi connectivity index (χ1) is 12.2. The Balaban J connectivity index is 0.00000338. The number of carbonyl (C=O) groups excluding carboxylic acids is 1. The number of carbonyl (C=O) groups is 1. The van der Waals surface area contributed by atoms with Gasteiger partial charge in [-0.1, -0.05) is 32.9 Å². The molecule has 1 aliphatic heterocycles. The summed E-state index contributed by atoms with van der Waals surface area (Å²) in [5, 5.41) is 2.95. The van der Waals surface area contributed by atoms with E-state index < -0.39 is 0 Å². The van der Waals surface area contributed by atoms with E-state index in [1.54, 1.807) is 0 Å². The molecule has 1 amide bonds. The first-order valence-corrected chi connectivity index (χ1v) is 9.31. The van der Waals surface area contributed by atoms with E-state index in [0.29, 0.717) is 12.2 Å². The third kappa shape index (κ3) is 7.44. The molecule has 4 heteroatoms. The Bertz CT molecular complexity index is 585. The Morgan fingerprint density at radius 1 is 1.19 bits per heavy atom. The molecule has 4 nitrogen and oxygen atoms in total. The second-order valence-corrected chi connectivity index (χ2v) is 6.30. The molecule has 2 rings (SSSR count). The van der Waals surface area contributed by atoms with Crippen molar-refractivity contribution in [2.45, 2.75) is 47.0 Å². The molecule has 1 heterocycles. The van der Waals surface area contributed by atoms with E-state index >= 15 is 0 Å². The van der Waals surface area contributed by atoms with Crippen LogP contribution in [0, 0.1) is 0 Å². The van der Waals surface area contributed by atoms with Crippen LogP contribution in [0.5, 0.6) is 5.75 Å². The van der Waals surface area contributed by atoms with Gasteiger partial charge in [0.1, 0.15) is 12.4 Å². The molecule has 1 saturated heterocycles. The first-order valence-electron chi connectivity index (χ1n) is 9.31. The number of allylic oxidation sites excluding steroid dienone is 4. The number of amides is 1. The van der Waals surface area contributed by atoms with E-state index in [1.165, 1.54) is 32.4 Å². The summed E-state index contributed by atoms with van der Waals surface area (Å²) in [5.74, 6) is 0.728. The highest BCUT2D eigenvalue weighted by atomic mass is 16.5. The average molecular weight is 359 g/mol. The van der Waals surface area contributed by atoms with Gasteiger partial charge in [0.25, 0.3) is 5.91 Å². The zero-order chi connectivity index (χ0) is 17.9. The lowest BCUT2D eigenvalue weighted by Crippen LogP contribution is -2.33. The Labute approximate surface area is 158 Å². The fraction of sp³-hybridized carbons (Fsp3) is 0.500. The van der Waals surface area contributed by atoms with Crippen LogP contribution in [0.25, 0.3) is 0 Å². The number of ether oxygens (including phenoxy) is 1. The fourth-order valence-corrected chi connectivity index (χ4v) is 2.86. The van der Waals surface area contributed by atoms with Gasteiger partial charge in [0.2, 0.25) is 0 Å². The quantitative estimate of drug-likeness (QED) is 0.680. The highest BCUT2D eigenvalue weighted by Crippen LogP contribution is 2.14. The standard InChI is InChI=1S/C21H30N2O2.CH4/c1-3-5-9-19(4-2)22-21(24)18-10-12-20(13-11-18)25-17-16-23-14-7-6-8-15-23;/h3,5,9-13H,4,6-8,14-17H2,1-2H3,(H,22,24);1H4/b5-3-,19-9+;. The molecule has 144 valence electrons. The molecule has 0 atom stereocenters. The number of likely N-dealkylation sites (tertiary alicyclic amines) is 1. The maximum absolute atomic E-state index is 12.3. The molecule has 26 heavy (non-hydrogen) atoms. The summed E-state index contributed by atoms with van der Waals surface area (Å²) in [6.07, 6.45) is 10.5. The summed E-state index contributed by atoms with van der Waals surface area (Å²) in [4.78, 5) is 14.7. The van der Waals surface area contributed by atoms with E-state index in [2.05, 4.69) is 10.2 Å². The van der Waals surface area contributed by atoms with Gasteiger partial charge in [0, 0.05) is 17.8 Å². The van der Waals surface area contributed by atoms with E-state index in [9.17, 15) is 4.79 Å². The minimum absolute atomic E-state index is 0. The molecule has 0 spiro atoms. The lowest BCUT2D eigenvalue weighted by molar-refractivity contribution is 0.0964. The van der Waals surface area contributed by atoms with Crippen LogP contribution >= 0.6 is 0 Å². The molecule has 1 aliphatic rings. The highest BCUT2D eigenvalue weighted by Gasteiger charge is 2.10. The largest absolute Gasteiger partial charge is 0.492 e. The smallest absolute Gasteiger partial charge is 0.255 e. The molecule has 0 saturated carbocycles. The van der Waals surface area contributed by atoms with Crippen molar-refractivity contribution in [3.8, 4) is 5.75 Å². The van der Waals surface area contributed by atoms with Crippen LogP contribution in [0.1, 0.15) is 57.3 Å². The number of hydrogen-bond acceptors (Lipinski definition) is 3. The molecule has 1 aromatic carbocycles. The molecule has 1 aromatic rings. The topological polar surface area (TPSA) is 41.6 Å². The normalized spacial score (nSPS) is 15.5. The van der Waals surface area contributed by atoms with Crippen molar-refractivity contribution in [1.29, 1.82) is 0 Å². The zero-order valence-electron chi connectivity index (χ0n) is 15.5. The molecule has 0 bridgehead atoms. The first kappa shape index (κ1) is 22.0. The summed E-state index contributed by atoms with van der Waals surface area (Å²) in [5.41, 5.74) is 1.55. The molecule has 0 aliphatic carbocycles. The van der Waals surface area contributed by atoms with Crippen molar-refractivity contribution < 1.29 is 9.53 Å². The number of benzene rings is 1. The number of nitrogens with one attached hydrogen (secondary N) is 1. The Hall–Kier alpha value is -2.07. The van der Waals surface area contributed by atoms with Gasteiger partial charge in [-0.05, 0) is 69.6 Å². The van der Waals surface area contributed by atoms with Gasteiger partial charge in [0.05, 0.1) is 0 Å². The third-order valence-electron chi connectivity index (χ3n) is 4.39. The van der Waals surface area contributed by atoms with Crippen molar-refractivity contribution in [2.24, 2.45) is 0 Å². The van der Waals surface area contributed by atoms with Crippen LogP contribution in [-0.2, 0) is 0 Å². The van der Waals surface area contributed by atoms with E-state index in [0.717, 1.165) is 24.4 Å². The number of nitrogens with zero attached hydrogens (tertiary/aromatic N) is 1. The van der Waals surface area contributed by atoms with Crippen LogP contribution in [0.4, 0.5) is 0 Å². The van der Waals surface area contributed by atoms with Gasteiger partial charge in [0.15, 0.2) is 0 Å². The van der Waals surface area contributed by atoms with E-state index in [-0.39, 0.29) is 13.3 Å². The van der Waals surface area contributed by atoms with Crippen molar-refractivity contribution in [3.63, 3.8) is 0 Å². The Kier molecular flexibility index (Phi) is 10.4. The summed E-state index contributed by atoms with van der Waals surface area (Å²) in [6.45, 7) is 8.01. The lowest BCUT2D eigenvalue weighted by atomic mass is 10.1. The Morgan fingerprint density at radius 3 is 2.50 bits per heavy atom. The zero-order valence-corrected chi connectivity index (χ0v) is 15.5. The molecular formula is C22H34N2O2. The van der Waals surface area contributed by atoms with Crippen LogP contribution in [0.3, 0.4) is 0 Å². The van der Waals surface area contributed by atoms with Crippen molar-refractivity contribution in [2.75, 3.05) is 26.2 Å². The maximum atomic E-state index is 12.3. The molecular weight excluding hydrogens is 324 g/mol. The minimum atomic E-state index is -0.0857. The molecule has 0 unspecified atom stereocenters. The second-order valence-electron chi connectivity index (χ2n) is 6.30. The molecule has 0 aromatic heterocycles. The van der Waals surface area contributed by atoms with Gasteiger partial charge in [-0.15, -0.1) is 0 Å². The van der Waals surface area contributed by atoms with E-state index in [4.69, 9.17) is 4.74 Å². The summed E-state index contributed by atoms with van der Waals surface area (Å²) >= 11 is 0. The van der Waals surface area contributed by atoms with Crippen LogP contribution in [0.2, 0.25) is 0 Å². The average Bonchev–Trinajstić information content (AvgIpc) is 2.66. The number of piperidine rings is 1. The SMILES string of the molecule is C.C/C=C\C=C(/CC)NC(=O)c1ccc(OCCN2CCCCC2)cc1. The van der Waals surface area contributed by atoms with Crippen LogP contribution in [-0.4, -0.2) is 37.0 Å². The second kappa shape index (κ2) is 12.3. The third-order valence-corrected chi connectivity index (χ3v) is 4.39. The molecule has 0 radical (unpaired) electrons. The van der Waals surface area contributed by atoms with Gasteiger partial charge in [-0.2, -0.15) is 0 Å². The lowest BCUT2D eigenvalue weighted by Gasteiger charge is -2.26.